The molecule has 0 aliphatic rings. The lowest BCUT2D eigenvalue weighted by molar-refractivity contribution is 0.104. The zero-order valence-electron chi connectivity index (χ0n) is 13.5. The summed E-state index contributed by atoms with van der Waals surface area (Å²) in [5.41, 5.74) is 3.98. The van der Waals surface area contributed by atoms with E-state index in [1.807, 2.05) is 68.4 Å². The largest absolute Gasteiger partial charge is 0.457 e. The molecule has 3 aromatic rings. The molecule has 0 radical (unpaired) electrons. The minimum Gasteiger partial charge on any atom is -0.457 e. The van der Waals surface area contributed by atoms with Crippen LogP contribution in [0.2, 0.25) is 0 Å². The molecule has 0 spiro atoms. The second kappa shape index (κ2) is 7.02. The van der Waals surface area contributed by atoms with E-state index >= 15 is 0 Å². The van der Waals surface area contributed by atoms with Gasteiger partial charge in [0.1, 0.15) is 11.5 Å². The van der Waals surface area contributed by atoms with Crippen molar-refractivity contribution in [2.75, 3.05) is 0 Å². The predicted octanol–water partition coefficient (Wildman–Crippen LogP) is 6.22. The smallest absolute Gasteiger partial charge is 0.185 e. The van der Waals surface area contributed by atoms with Crippen molar-refractivity contribution in [1.29, 1.82) is 0 Å². The summed E-state index contributed by atoms with van der Waals surface area (Å²) in [5.74, 6) is 1.39. The Morgan fingerprint density at radius 3 is 2.46 bits per heavy atom. The fraction of sp³-hybridized carbons (Fsp3) is 0.0952. The number of rotatable bonds is 4. The van der Waals surface area contributed by atoms with E-state index in [9.17, 15) is 4.79 Å². The zero-order chi connectivity index (χ0) is 17.1. The Bertz CT molecular complexity index is 902. The van der Waals surface area contributed by atoms with Crippen LogP contribution in [0, 0.1) is 13.8 Å². The lowest BCUT2D eigenvalue weighted by atomic mass is 10.1. The van der Waals surface area contributed by atoms with Gasteiger partial charge < -0.3 is 4.42 Å². The molecule has 120 valence electrons. The third-order valence-electron chi connectivity index (χ3n) is 3.82. The van der Waals surface area contributed by atoms with E-state index in [4.69, 9.17) is 4.42 Å². The average Bonchev–Trinajstić information content (AvgIpc) is 3.05. The van der Waals surface area contributed by atoms with Crippen LogP contribution in [0.5, 0.6) is 0 Å². The number of halogens is 1. The Morgan fingerprint density at radius 1 is 1.00 bits per heavy atom. The second-order valence-electron chi connectivity index (χ2n) is 5.73. The molecule has 0 fully saturated rings. The van der Waals surface area contributed by atoms with Gasteiger partial charge in [0.05, 0.1) is 0 Å². The minimum absolute atomic E-state index is 0.0361. The summed E-state index contributed by atoms with van der Waals surface area (Å²) < 4.78 is 6.85. The summed E-state index contributed by atoms with van der Waals surface area (Å²) in [7, 11) is 0. The number of allylic oxidation sites excluding steroid dienone is 1. The SMILES string of the molecule is Cc1ccc(C(=O)/C=C/c2ccc(-c3ccc(C)c(Br)c3)o2)cc1. The predicted molar refractivity (Wildman–Crippen MR) is 101 cm³/mol. The van der Waals surface area contributed by atoms with Crippen LogP contribution in [0.3, 0.4) is 0 Å². The highest BCUT2D eigenvalue weighted by atomic mass is 79.9. The van der Waals surface area contributed by atoms with Crippen molar-refractivity contribution in [3.8, 4) is 11.3 Å². The number of benzene rings is 2. The van der Waals surface area contributed by atoms with Crippen LogP contribution in [0.4, 0.5) is 0 Å². The van der Waals surface area contributed by atoms with Gasteiger partial charge in [0.25, 0.3) is 0 Å². The van der Waals surface area contributed by atoms with Crippen LogP contribution in [0.1, 0.15) is 27.2 Å². The van der Waals surface area contributed by atoms with E-state index < -0.39 is 0 Å². The quantitative estimate of drug-likeness (QED) is 0.397. The Balaban J connectivity index is 1.77. The van der Waals surface area contributed by atoms with Crippen molar-refractivity contribution in [3.63, 3.8) is 0 Å². The Labute approximate surface area is 150 Å². The second-order valence-corrected chi connectivity index (χ2v) is 6.58. The van der Waals surface area contributed by atoms with Gasteiger partial charge in [0.15, 0.2) is 5.78 Å². The highest BCUT2D eigenvalue weighted by molar-refractivity contribution is 9.10. The summed E-state index contributed by atoms with van der Waals surface area (Å²) in [6.45, 7) is 4.04. The molecule has 3 heteroatoms. The molecule has 0 saturated carbocycles. The molecule has 0 atom stereocenters. The molecular formula is C21H17BrO2. The normalized spacial score (nSPS) is 11.1. The third kappa shape index (κ3) is 3.74. The Kier molecular flexibility index (Phi) is 4.81. The van der Waals surface area contributed by atoms with Gasteiger partial charge in [0.2, 0.25) is 0 Å². The molecule has 0 saturated heterocycles. The van der Waals surface area contributed by atoms with Crippen molar-refractivity contribution in [1.82, 2.24) is 0 Å². The third-order valence-corrected chi connectivity index (χ3v) is 4.67. The van der Waals surface area contributed by atoms with E-state index in [0.29, 0.717) is 11.3 Å². The molecule has 0 N–H and O–H groups in total. The first-order valence-corrected chi connectivity index (χ1v) is 8.48. The molecule has 2 nitrogen and oxygen atoms in total. The van der Waals surface area contributed by atoms with E-state index in [1.54, 1.807) is 12.2 Å². The van der Waals surface area contributed by atoms with Gasteiger partial charge in [-0.2, -0.15) is 0 Å². The Morgan fingerprint density at radius 2 is 1.75 bits per heavy atom. The molecule has 0 amide bonds. The number of furan rings is 1. The fourth-order valence-electron chi connectivity index (χ4n) is 2.32. The van der Waals surface area contributed by atoms with Crippen molar-refractivity contribution < 1.29 is 9.21 Å². The number of carbonyl (C=O) groups is 1. The van der Waals surface area contributed by atoms with Crippen LogP contribution in [-0.4, -0.2) is 5.78 Å². The summed E-state index contributed by atoms with van der Waals surface area (Å²) >= 11 is 3.53. The molecule has 0 aliphatic carbocycles. The van der Waals surface area contributed by atoms with Gasteiger partial charge in [-0.1, -0.05) is 57.9 Å². The number of carbonyl (C=O) groups excluding carboxylic acids is 1. The van der Waals surface area contributed by atoms with E-state index in [0.717, 1.165) is 21.4 Å². The fourth-order valence-corrected chi connectivity index (χ4v) is 2.69. The molecule has 0 bridgehead atoms. The van der Waals surface area contributed by atoms with Crippen LogP contribution < -0.4 is 0 Å². The Hall–Kier alpha value is -2.39. The highest BCUT2D eigenvalue weighted by Crippen LogP contribution is 2.27. The van der Waals surface area contributed by atoms with Crippen LogP contribution in [0.25, 0.3) is 17.4 Å². The van der Waals surface area contributed by atoms with Crippen LogP contribution in [-0.2, 0) is 0 Å². The number of hydrogen-bond acceptors (Lipinski definition) is 2. The molecule has 0 aliphatic heterocycles. The average molecular weight is 381 g/mol. The summed E-state index contributed by atoms with van der Waals surface area (Å²) in [5, 5.41) is 0. The molecule has 0 unspecified atom stereocenters. The van der Waals surface area contributed by atoms with Crippen molar-refractivity contribution in [3.05, 3.63) is 87.6 Å². The number of aryl methyl sites for hydroxylation is 2. The lowest BCUT2D eigenvalue weighted by Gasteiger charge is -2.01. The van der Waals surface area contributed by atoms with Crippen molar-refractivity contribution in [2.45, 2.75) is 13.8 Å². The maximum atomic E-state index is 12.2. The lowest BCUT2D eigenvalue weighted by Crippen LogP contribution is -1.93. The summed E-state index contributed by atoms with van der Waals surface area (Å²) in [6.07, 6.45) is 3.24. The number of ketones is 1. The van der Waals surface area contributed by atoms with Crippen molar-refractivity contribution in [2.24, 2.45) is 0 Å². The topological polar surface area (TPSA) is 30.2 Å². The van der Waals surface area contributed by atoms with Gasteiger partial charge in [-0.05, 0) is 49.8 Å². The van der Waals surface area contributed by atoms with Gasteiger partial charge >= 0.3 is 0 Å². The molecule has 24 heavy (non-hydrogen) atoms. The number of hydrogen-bond donors (Lipinski definition) is 0. The van der Waals surface area contributed by atoms with Crippen LogP contribution in [0.15, 0.2) is 69.6 Å². The first-order chi connectivity index (χ1) is 11.5. The summed E-state index contributed by atoms with van der Waals surface area (Å²) in [4.78, 5) is 12.2. The zero-order valence-corrected chi connectivity index (χ0v) is 15.1. The molecule has 1 heterocycles. The molecule has 2 aromatic carbocycles. The maximum Gasteiger partial charge on any atom is 0.185 e. The highest BCUT2D eigenvalue weighted by Gasteiger charge is 2.06. The first-order valence-electron chi connectivity index (χ1n) is 7.68. The van der Waals surface area contributed by atoms with E-state index in [2.05, 4.69) is 15.9 Å². The van der Waals surface area contributed by atoms with Crippen LogP contribution >= 0.6 is 15.9 Å². The molecule has 3 rings (SSSR count). The van der Waals surface area contributed by atoms with Gasteiger partial charge in [-0.25, -0.2) is 0 Å². The standard InChI is InChI=1S/C21H17BrO2/c1-14-3-6-16(7-4-14)20(23)11-9-18-10-12-21(24-18)17-8-5-15(2)19(22)13-17/h3-13H,1-2H3/b11-9+. The maximum absolute atomic E-state index is 12.2. The minimum atomic E-state index is -0.0361. The van der Waals surface area contributed by atoms with Gasteiger partial charge in [-0.15, -0.1) is 0 Å². The van der Waals surface area contributed by atoms with Gasteiger partial charge in [-0.3, -0.25) is 4.79 Å². The molecule has 1 aromatic heterocycles. The van der Waals surface area contributed by atoms with E-state index in [-0.39, 0.29) is 5.78 Å². The summed E-state index contributed by atoms with van der Waals surface area (Å²) in [6, 6.07) is 17.4. The molecular weight excluding hydrogens is 364 g/mol. The van der Waals surface area contributed by atoms with Gasteiger partial charge in [0, 0.05) is 15.6 Å². The van der Waals surface area contributed by atoms with E-state index in [1.165, 1.54) is 5.56 Å². The first kappa shape index (κ1) is 16.5. The monoisotopic (exact) mass is 380 g/mol. The van der Waals surface area contributed by atoms with Crippen molar-refractivity contribution >= 4 is 27.8 Å².